The van der Waals surface area contributed by atoms with Crippen LogP contribution in [0.25, 0.3) is 0 Å². The van der Waals surface area contributed by atoms with Crippen LogP contribution in [0.1, 0.15) is 6.42 Å². The van der Waals surface area contributed by atoms with Crippen molar-refractivity contribution in [1.82, 2.24) is 10.2 Å². The standard InChI is InChI=1S/C44H82N2O21/c1-50-8-9-52-12-13-54-16-17-56-20-21-58-24-25-60-28-29-62-32-33-64-36-37-66-40-41-67-39-38-65-35-34-63-31-30-61-27-26-59-23-22-57-19-18-55-15-14-53-11-10-51-7-5-45-42(47)4-6-46-43(48)2-3-44(46)49/h2-3H,4-41H2,1H3,(H,45,47). The van der Waals surface area contributed by atoms with Gasteiger partial charge in [0.1, 0.15) is 0 Å². The Morgan fingerprint density at radius 3 is 0.746 bits per heavy atom. The van der Waals surface area contributed by atoms with Gasteiger partial charge in [0.25, 0.3) is 11.8 Å². The van der Waals surface area contributed by atoms with Crippen LogP contribution in [0, 0.1) is 0 Å². The second-order valence-electron chi connectivity index (χ2n) is 13.7. The molecule has 0 aliphatic carbocycles. The molecule has 1 N–H and O–H groups in total. The lowest BCUT2D eigenvalue weighted by atomic mass is 10.3. The highest BCUT2D eigenvalue weighted by Gasteiger charge is 2.23. The van der Waals surface area contributed by atoms with Gasteiger partial charge in [-0.3, -0.25) is 19.3 Å². The third-order valence-corrected chi connectivity index (χ3v) is 8.42. The van der Waals surface area contributed by atoms with Gasteiger partial charge in [0.05, 0.1) is 231 Å². The number of ether oxygens (including phenoxy) is 18. The van der Waals surface area contributed by atoms with Crippen LogP contribution >= 0.6 is 0 Å². The third-order valence-electron chi connectivity index (χ3n) is 8.42. The van der Waals surface area contributed by atoms with E-state index in [4.69, 9.17) is 85.3 Å². The van der Waals surface area contributed by atoms with E-state index in [1.54, 1.807) is 7.11 Å². The summed E-state index contributed by atoms with van der Waals surface area (Å²) < 4.78 is 97.8. The van der Waals surface area contributed by atoms with Crippen molar-refractivity contribution in [3.05, 3.63) is 12.2 Å². The second-order valence-corrected chi connectivity index (χ2v) is 13.7. The van der Waals surface area contributed by atoms with Gasteiger partial charge in [0, 0.05) is 38.8 Å². The van der Waals surface area contributed by atoms with E-state index in [1.165, 1.54) is 12.2 Å². The SMILES string of the molecule is COCCOCCOCCOCCOCCOCCOCCOCCOCCOCCOCCOCCOCCOCCOCCOCCOCCOCCNC(=O)CCN1C(=O)C=CC1=O. The Morgan fingerprint density at radius 1 is 0.343 bits per heavy atom. The lowest BCUT2D eigenvalue weighted by molar-refractivity contribution is -0.137. The van der Waals surface area contributed by atoms with E-state index < -0.39 is 11.8 Å². The molecule has 1 heterocycles. The fourth-order valence-electron chi connectivity index (χ4n) is 4.98. The summed E-state index contributed by atoms with van der Waals surface area (Å²) in [6.07, 6.45) is 2.43. The number of amides is 3. The normalized spacial score (nSPS) is 12.6. The van der Waals surface area contributed by atoms with Crippen LogP contribution in [0.3, 0.4) is 0 Å². The first kappa shape index (κ1) is 62.6. The summed E-state index contributed by atoms with van der Waals surface area (Å²) in [4.78, 5) is 35.8. The molecule has 1 aliphatic rings. The second kappa shape index (κ2) is 53.0. The summed E-state index contributed by atoms with van der Waals surface area (Å²) in [6.45, 7) is 17.2. The molecule has 0 bridgehead atoms. The predicted molar refractivity (Wildman–Crippen MR) is 239 cm³/mol. The average Bonchev–Trinajstić information content (AvgIpc) is 3.66. The zero-order valence-electron chi connectivity index (χ0n) is 40.0. The topological polar surface area (TPSA) is 233 Å². The number of carbonyl (C=O) groups is 3. The first-order valence-electron chi connectivity index (χ1n) is 23.3. The molecule has 394 valence electrons. The summed E-state index contributed by atoms with van der Waals surface area (Å²) >= 11 is 0. The minimum Gasteiger partial charge on any atom is -0.382 e. The van der Waals surface area contributed by atoms with Gasteiger partial charge in [0.15, 0.2) is 0 Å². The number of hydrogen-bond donors (Lipinski definition) is 1. The maximum absolute atomic E-state index is 11.8. The fraction of sp³-hybridized carbons (Fsp3) is 0.886. The van der Waals surface area contributed by atoms with Crippen molar-refractivity contribution >= 4 is 17.7 Å². The van der Waals surface area contributed by atoms with Crippen molar-refractivity contribution in [3.63, 3.8) is 0 Å². The largest absolute Gasteiger partial charge is 0.382 e. The molecule has 1 aliphatic heterocycles. The quantitative estimate of drug-likeness (QED) is 0.0589. The molecular formula is C44H82N2O21. The number of nitrogens with one attached hydrogen (secondary N) is 1. The maximum atomic E-state index is 11.8. The van der Waals surface area contributed by atoms with Gasteiger partial charge in [-0.05, 0) is 0 Å². The molecule has 0 aromatic carbocycles. The van der Waals surface area contributed by atoms with Gasteiger partial charge < -0.3 is 90.6 Å². The lowest BCUT2D eigenvalue weighted by Crippen LogP contribution is -2.35. The van der Waals surface area contributed by atoms with E-state index in [1.807, 2.05) is 0 Å². The summed E-state index contributed by atoms with van der Waals surface area (Å²) in [6, 6.07) is 0. The monoisotopic (exact) mass is 975 g/mol. The highest BCUT2D eigenvalue weighted by atomic mass is 16.6. The molecule has 0 unspecified atom stereocenters. The highest BCUT2D eigenvalue weighted by molar-refractivity contribution is 6.13. The Hall–Kier alpha value is -2.37. The molecule has 1 rings (SSSR count). The number of carbonyl (C=O) groups excluding carboxylic acids is 3. The van der Waals surface area contributed by atoms with E-state index >= 15 is 0 Å². The maximum Gasteiger partial charge on any atom is 0.253 e. The third kappa shape index (κ3) is 47.1. The minimum absolute atomic E-state index is 0.0476. The molecule has 0 aromatic rings. The van der Waals surface area contributed by atoms with Gasteiger partial charge in [-0.15, -0.1) is 0 Å². The molecule has 23 heteroatoms. The van der Waals surface area contributed by atoms with Crippen molar-refractivity contribution in [3.8, 4) is 0 Å². The number of hydrogen-bond acceptors (Lipinski definition) is 21. The molecule has 0 saturated carbocycles. The van der Waals surface area contributed by atoms with Crippen molar-refractivity contribution in [2.45, 2.75) is 6.42 Å². The molecule has 0 radical (unpaired) electrons. The molecule has 0 atom stereocenters. The Labute approximate surface area is 397 Å². The van der Waals surface area contributed by atoms with E-state index in [0.29, 0.717) is 238 Å². The molecule has 0 spiro atoms. The van der Waals surface area contributed by atoms with Crippen LogP contribution in [-0.4, -0.2) is 274 Å². The molecule has 23 nitrogen and oxygen atoms in total. The molecule has 3 amide bonds. The number of methoxy groups -OCH3 is 1. The van der Waals surface area contributed by atoms with Crippen LogP contribution in [0.2, 0.25) is 0 Å². The Bertz CT molecular complexity index is 1100. The van der Waals surface area contributed by atoms with Crippen molar-refractivity contribution in [1.29, 1.82) is 0 Å². The van der Waals surface area contributed by atoms with Crippen LogP contribution in [0.5, 0.6) is 0 Å². The number of nitrogens with zero attached hydrogens (tertiary/aromatic N) is 1. The van der Waals surface area contributed by atoms with Crippen LogP contribution < -0.4 is 5.32 Å². The van der Waals surface area contributed by atoms with E-state index in [9.17, 15) is 14.4 Å². The number of rotatable bonds is 57. The van der Waals surface area contributed by atoms with E-state index in [0.717, 1.165) is 4.90 Å². The Kier molecular flexibility index (Phi) is 49.5. The summed E-state index contributed by atoms with van der Waals surface area (Å²) in [7, 11) is 1.64. The highest BCUT2D eigenvalue weighted by Crippen LogP contribution is 2.04. The van der Waals surface area contributed by atoms with Crippen LogP contribution in [0.15, 0.2) is 12.2 Å². The Balaban J connectivity index is 1.61. The van der Waals surface area contributed by atoms with Crippen molar-refractivity contribution in [2.24, 2.45) is 0 Å². The van der Waals surface area contributed by atoms with Crippen LogP contribution in [0.4, 0.5) is 0 Å². The molecule has 0 saturated heterocycles. The van der Waals surface area contributed by atoms with Gasteiger partial charge >= 0.3 is 0 Å². The number of imide groups is 1. The van der Waals surface area contributed by atoms with Gasteiger partial charge in [0.2, 0.25) is 5.91 Å². The smallest absolute Gasteiger partial charge is 0.253 e. The summed E-state index contributed by atoms with van der Waals surface area (Å²) in [5, 5.41) is 2.68. The molecule has 0 fully saturated rings. The zero-order chi connectivity index (χ0) is 48.0. The van der Waals surface area contributed by atoms with E-state index in [-0.39, 0.29) is 18.9 Å². The van der Waals surface area contributed by atoms with E-state index in [2.05, 4.69) is 5.32 Å². The van der Waals surface area contributed by atoms with Crippen molar-refractivity contribution < 1.29 is 99.6 Å². The first-order valence-corrected chi connectivity index (χ1v) is 23.3. The minimum atomic E-state index is -0.400. The molecular weight excluding hydrogens is 892 g/mol. The van der Waals surface area contributed by atoms with Gasteiger partial charge in [-0.2, -0.15) is 0 Å². The molecule has 67 heavy (non-hydrogen) atoms. The zero-order valence-corrected chi connectivity index (χ0v) is 40.0. The lowest BCUT2D eigenvalue weighted by Gasteiger charge is -2.13. The van der Waals surface area contributed by atoms with Gasteiger partial charge in [-0.1, -0.05) is 0 Å². The average molecular weight is 975 g/mol. The molecule has 0 aromatic heterocycles. The van der Waals surface area contributed by atoms with Gasteiger partial charge in [-0.25, -0.2) is 0 Å². The summed E-state index contributed by atoms with van der Waals surface area (Å²) in [5.41, 5.74) is 0. The van der Waals surface area contributed by atoms with Crippen molar-refractivity contribution in [2.75, 3.05) is 251 Å². The fourth-order valence-corrected chi connectivity index (χ4v) is 4.98. The van der Waals surface area contributed by atoms with Crippen LogP contribution in [-0.2, 0) is 99.6 Å². The Morgan fingerprint density at radius 2 is 0.537 bits per heavy atom. The first-order chi connectivity index (χ1) is 33.1. The summed E-state index contributed by atoms with van der Waals surface area (Å²) in [5.74, 6) is -1.06. The predicted octanol–water partition coefficient (Wildman–Crippen LogP) is -0.654.